The van der Waals surface area contributed by atoms with Crippen molar-refractivity contribution in [3.05, 3.63) is 48.0 Å². The molecule has 1 aliphatic heterocycles. The van der Waals surface area contributed by atoms with E-state index in [0.717, 1.165) is 27.9 Å². The molecular weight excluding hydrogens is 342 g/mol. The quantitative estimate of drug-likeness (QED) is 0.573. The average molecular weight is 365 g/mol. The van der Waals surface area contributed by atoms with Crippen LogP contribution in [-0.2, 0) is 16.1 Å². The molecule has 1 heterocycles. The Morgan fingerprint density at radius 2 is 1.70 bits per heavy atom. The van der Waals surface area contributed by atoms with Gasteiger partial charge in [-0.05, 0) is 28.8 Å². The molecule has 5 nitrogen and oxygen atoms in total. The minimum Gasteiger partial charge on any atom is -0.423 e. The van der Waals surface area contributed by atoms with Crippen LogP contribution in [0.3, 0.4) is 0 Å². The summed E-state index contributed by atoms with van der Waals surface area (Å²) in [6.07, 6.45) is 2.30. The molecule has 0 bridgehead atoms. The molecule has 0 aliphatic carbocycles. The summed E-state index contributed by atoms with van der Waals surface area (Å²) in [4.78, 5) is 25.8. The molecular formula is C22H23NO4. The second kappa shape index (κ2) is 7.66. The lowest BCUT2D eigenvalue weighted by atomic mass is 9.91. The first kappa shape index (κ1) is 18.7. The smallest absolute Gasteiger partial charge is 0.311 e. The molecule has 3 rings (SSSR count). The number of benzene rings is 2. The first-order valence-electron chi connectivity index (χ1n) is 9.03. The fourth-order valence-electron chi connectivity index (χ4n) is 3.24. The second-order valence-electron chi connectivity index (χ2n) is 6.41. The van der Waals surface area contributed by atoms with Gasteiger partial charge in [-0.3, -0.25) is 9.59 Å². The Morgan fingerprint density at radius 1 is 1.07 bits per heavy atom. The van der Waals surface area contributed by atoms with Gasteiger partial charge < -0.3 is 14.4 Å². The number of esters is 2. The molecule has 0 atom stereocenters. The van der Waals surface area contributed by atoms with E-state index in [2.05, 4.69) is 11.5 Å². The monoisotopic (exact) mass is 365 g/mol. The molecule has 0 spiro atoms. The zero-order valence-corrected chi connectivity index (χ0v) is 15.9. The maximum absolute atomic E-state index is 11.9. The third-order valence-corrected chi connectivity index (χ3v) is 4.56. The van der Waals surface area contributed by atoms with Crippen LogP contribution in [0.1, 0.15) is 37.8 Å². The number of fused-ring (bicyclic) bond motifs is 3. The highest BCUT2D eigenvalue weighted by Gasteiger charge is 2.25. The predicted octanol–water partition coefficient (Wildman–Crippen LogP) is 4.58. The fourth-order valence-corrected chi connectivity index (χ4v) is 3.24. The van der Waals surface area contributed by atoms with E-state index in [9.17, 15) is 9.59 Å². The van der Waals surface area contributed by atoms with Gasteiger partial charge in [-0.15, -0.1) is 0 Å². The average Bonchev–Trinajstić information content (AvgIpc) is 2.68. The Bertz CT molecular complexity index is 917. The van der Waals surface area contributed by atoms with Gasteiger partial charge in [-0.1, -0.05) is 44.7 Å². The zero-order chi connectivity index (χ0) is 19.6. The molecule has 140 valence electrons. The van der Waals surface area contributed by atoms with Crippen molar-refractivity contribution in [2.45, 2.75) is 33.2 Å². The van der Waals surface area contributed by atoms with E-state index < -0.39 is 0 Å². The lowest BCUT2D eigenvalue weighted by Gasteiger charge is -2.31. The van der Waals surface area contributed by atoms with Crippen LogP contribution >= 0.6 is 0 Å². The molecule has 0 saturated carbocycles. The number of carbonyl (C=O) groups excluding carboxylic acids is 2. The summed E-state index contributed by atoms with van der Waals surface area (Å²) in [6.45, 7) is 7.99. The van der Waals surface area contributed by atoms with Crippen LogP contribution < -0.4 is 14.4 Å². The summed E-state index contributed by atoms with van der Waals surface area (Å²) in [5.74, 6) is -0.208. The first-order chi connectivity index (χ1) is 13.0. The van der Waals surface area contributed by atoms with Gasteiger partial charge in [-0.2, -0.15) is 0 Å². The SMILES string of the molecule is C=Cc1cccc2c1N(C)Cc1cc(OC(=O)CC)c(OC(=O)CC)cc1-2. The Labute approximate surface area is 159 Å². The largest absolute Gasteiger partial charge is 0.423 e. The number of hydrogen-bond acceptors (Lipinski definition) is 5. The molecule has 2 aromatic rings. The van der Waals surface area contributed by atoms with Crippen LogP contribution in [0, 0.1) is 0 Å². The Balaban J connectivity index is 2.17. The molecule has 0 saturated heterocycles. The van der Waals surface area contributed by atoms with Crippen LogP contribution in [0.4, 0.5) is 5.69 Å². The topological polar surface area (TPSA) is 55.8 Å². The number of hydrogen-bond donors (Lipinski definition) is 0. The van der Waals surface area contributed by atoms with E-state index in [1.165, 1.54) is 0 Å². The number of ether oxygens (including phenoxy) is 2. The van der Waals surface area contributed by atoms with Crippen LogP contribution in [-0.4, -0.2) is 19.0 Å². The molecule has 0 aromatic heterocycles. The highest BCUT2D eigenvalue weighted by Crippen LogP contribution is 2.45. The number of rotatable bonds is 5. The van der Waals surface area contributed by atoms with Crippen LogP contribution in [0.25, 0.3) is 17.2 Å². The molecule has 0 fully saturated rings. The third kappa shape index (κ3) is 3.58. The van der Waals surface area contributed by atoms with Gasteiger partial charge in [0.25, 0.3) is 0 Å². The molecule has 1 aliphatic rings. The predicted molar refractivity (Wildman–Crippen MR) is 106 cm³/mol. The van der Waals surface area contributed by atoms with Crippen molar-refractivity contribution in [3.8, 4) is 22.6 Å². The number of nitrogens with zero attached hydrogens (tertiary/aromatic N) is 1. The summed E-state index contributed by atoms with van der Waals surface area (Å²) >= 11 is 0. The standard InChI is InChI=1S/C22H23NO4/c1-5-14-9-8-10-16-17-12-19(27-21(25)7-3)18(26-20(24)6-2)11-15(17)13-23(4)22(14)16/h5,8-12H,1,6-7,13H2,2-4H3. The zero-order valence-electron chi connectivity index (χ0n) is 15.9. The minimum absolute atomic E-state index is 0.234. The molecule has 0 radical (unpaired) electrons. The summed E-state index contributed by atoms with van der Waals surface area (Å²) in [5.41, 5.74) is 5.10. The number of para-hydroxylation sites is 1. The van der Waals surface area contributed by atoms with Crippen molar-refractivity contribution in [3.63, 3.8) is 0 Å². The maximum Gasteiger partial charge on any atom is 0.311 e. The third-order valence-electron chi connectivity index (χ3n) is 4.56. The van der Waals surface area contributed by atoms with E-state index >= 15 is 0 Å². The van der Waals surface area contributed by atoms with Crippen LogP contribution in [0.15, 0.2) is 36.9 Å². The van der Waals surface area contributed by atoms with E-state index in [4.69, 9.17) is 9.47 Å². The Hall–Kier alpha value is -3.08. The minimum atomic E-state index is -0.378. The van der Waals surface area contributed by atoms with E-state index in [1.54, 1.807) is 26.0 Å². The lowest BCUT2D eigenvalue weighted by Crippen LogP contribution is -2.23. The van der Waals surface area contributed by atoms with E-state index in [-0.39, 0.29) is 36.3 Å². The first-order valence-corrected chi connectivity index (χ1v) is 9.03. The van der Waals surface area contributed by atoms with Crippen molar-refractivity contribution in [2.24, 2.45) is 0 Å². The summed E-state index contributed by atoms with van der Waals surface area (Å²) in [5, 5.41) is 0. The van der Waals surface area contributed by atoms with Crippen LogP contribution in [0.2, 0.25) is 0 Å². The van der Waals surface area contributed by atoms with Crippen molar-refractivity contribution in [1.29, 1.82) is 0 Å². The molecule has 2 aromatic carbocycles. The van der Waals surface area contributed by atoms with Gasteiger partial charge in [0.1, 0.15) is 0 Å². The normalized spacial score (nSPS) is 12.0. The Morgan fingerprint density at radius 3 is 2.30 bits per heavy atom. The van der Waals surface area contributed by atoms with Gasteiger partial charge in [-0.25, -0.2) is 0 Å². The van der Waals surface area contributed by atoms with Crippen LogP contribution in [0.5, 0.6) is 11.5 Å². The molecule has 27 heavy (non-hydrogen) atoms. The molecule has 0 unspecified atom stereocenters. The molecule has 0 N–H and O–H groups in total. The fraction of sp³-hybridized carbons (Fsp3) is 0.273. The molecule has 5 heteroatoms. The maximum atomic E-state index is 11.9. The van der Waals surface area contributed by atoms with Gasteiger partial charge >= 0.3 is 11.9 Å². The lowest BCUT2D eigenvalue weighted by molar-refractivity contribution is -0.136. The highest BCUT2D eigenvalue weighted by molar-refractivity contribution is 5.90. The van der Waals surface area contributed by atoms with Gasteiger partial charge in [0.2, 0.25) is 0 Å². The number of anilines is 1. The molecule has 0 amide bonds. The Kier molecular flexibility index (Phi) is 5.31. The number of carbonyl (C=O) groups is 2. The summed E-state index contributed by atoms with van der Waals surface area (Å²) in [7, 11) is 2.01. The van der Waals surface area contributed by atoms with E-state index in [1.807, 2.05) is 31.3 Å². The van der Waals surface area contributed by atoms with E-state index in [0.29, 0.717) is 6.54 Å². The summed E-state index contributed by atoms with van der Waals surface area (Å²) < 4.78 is 10.9. The van der Waals surface area contributed by atoms with Crippen molar-refractivity contribution in [1.82, 2.24) is 0 Å². The van der Waals surface area contributed by atoms with Gasteiger partial charge in [0.15, 0.2) is 11.5 Å². The van der Waals surface area contributed by atoms with Crippen molar-refractivity contribution >= 4 is 23.7 Å². The summed E-state index contributed by atoms with van der Waals surface area (Å²) in [6, 6.07) is 9.60. The van der Waals surface area contributed by atoms with Gasteiger partial charge in [0, 0.05) is 32.0 Å². The van der Waals surface area contributed by atoms with Gasteiger partial charge in [0.05, 0.1) is 5.69 Å². The van der Waals surface area contributed by atoms with Crippen molar-refractivity contribution < 1.29 is 19.1 Å². The second-order valence-corrected chi connectivity index (χ2v) is 6.41. The van der Waals surface area contributed by atoms with Crippen molar-refractivity contribution in [2.75, 3.05) is 11.9 Å². The highest BCUT2D eigenvalue weighted by atomic mass is 16.6.